The molecule has 2 unspecified atom stereocenters. The fourth-order valence-electron chi connectivity index (χ4n) is 1.63. The van der Waals surface area contributed by atoms with Gasteiger partial charge in [-0.3, -0.25) is 0 Å². The zero-order valence-electron chi connectivity index (χ0n) is 9.87. The van der Waals surface area contributed by atoms with E-state index in [9.17, 15) is 17.2 Å². The maximum Gasteiger partial charge on any atom is 0.159 e. The Kier molecular flexibility index (Phi) is 4.21. The Bertz CT molecular complexity index is 502. The van der Waals surface area contributed by atoms with Gasteiger partial charge in [-0.2, -0.15) is 0 Å². The minimum absolute atomic E-state index is 0.407. The number of benzene rings is 1. The van der Waals surface area contributed by atoms with Gasteiger partial charge < -0.3 is 5.32 Å². The van der Waals surface area contributed by atoms with Gasteiger partial charge >= 0.3 is 0 Å². The van der Waals surface area contributed by atoms with Crippen LogP contribution in [0.3, 0.4) is 0 Å². The van der Waals surface area contributed by atoms with Gasteiger partial charge in [-0.25, -0.2) is 17.2 Å². The minimum atomic E-state index is -3.26. The van der Waals surface area contributed by atoms with Crippen molar-refractivity contribution in [2.24, 2.45) is 0 Å². The smallest absolute Gasteiger partial charge is 0.159 e. The highest BCUT2D eigenvalue weighted by atomic mass is 32.2. The van der Waals surface area contributed by atoms with E-state index in [2.05, 4.69) is 5.32 Å². The second-order valence-electron chi connectivity index (χ2n) is 3.97. The van der Waals surface area contributed by atoms with Gasteiger partial charge in [0.1, 0.15) is 0 Å². The summed E-state index contributed by atoms with van der Waals surface area (Å²) >= 11 is 0. The summed E-state index contributed by atoms with van der Waals surface area (Å²) in [5.41, 5.74) is 0.407. The molecule has 0 amide bonds. The summed E-state index contributed by atoms with van der Waals surface area (Å²) in [6.07, 6.45) is 1.11. The van der Waals surface area contributed by atoms with Crippen molar-refractivity contribution in [2.45, 2.75) is 18.2 Å². The van der Waals surface area contributed by atoms with Crippen molar-refractivity contribution < 1.29 is 17.2 Å². The molecule has 0 aliphatic heterocycles. The molecule has 0 spiro atoms. The molecular weight excluding hydrogens is 248 g/mol. The number of hydrogen-bond acceptors (Lipinski definition) is 3. The van der Waals surface area contributed by atoms with E-state index >= 15 is 0 Å². The molecular formula is C11H15F2NO2S. The number of sulfone groups is 1. The quantitative estimate of drug-likeness (QED) is 0.898. The molecule has 96 valence electrons. The summed E-state index contributed by atoms with van der Waals surface area (Å²) in [5.74, 6) is -1.93. The van der Waals surface area contributed by atoms with Crippen LogP contribution in [0.1, 0.15) is 18.5 Å². The standard InChI is InChI=1S/C11H15F2NO2S/c1-7(17(3,15)16)11(14-2)8-4-5-9(12)10(13)6-8/h4-7,11,14H,1-3H3. The van der Waals surface area contributed by atoms with Gasteiger partial charge in [-0.05, 0) is 31.7 Å². The summed E-state index contributed by atoms with van der Waals surface area (Å²) in [6, 6.07) is 2.81. The largest absolute Gasteiger partial charge is 0.312 e. The molecule has 0 bridgehead atoms. The monoisotopic (exact) mass is 263 g/mol. The first-order chi connectivity index (χ1) is 7.77. The van der Waals surface area contributed by atoms with Crippen LogP contribution in [0.4, 0.5) is 8.78 Å². The highest BCUT2D eigenvalue weighted by Gasteiger charge is 2.26. The van der Waals surface area contributed by atoms with E-state index in [1.54, 1.807) is 7.05 Å². The van der Waals surface area contributed by atoms with Crippen molar-refractivity contribution in [3.63, 3.8) is 0 Å². The molecule has 0 aliphatic rings. The summed E-state index contributed by atoms with van der Waals surface area (Å²) in [7, 11) is -1.69. The third kappa shape index (κ3) is 3.23. The van der Waals surface area contributed by atoms with E-state index in [0.29, 0.717) is 5.56 Å². The van der Waals surface area contributed by atoms with Crippen LogP contribution in [0.5, 0.6) is 0 Å². The Morgan fingerprint density at radius 2 is 1.82 bits per heavy atom. The van der Waals surface area contributed by atoms with E-state index in [1.165, 1.54) is 13.0 Å². The Balaban J connectivity index is 3.14. The Hall–Kier alpha value is -1.01. The molecule has 1 aromatic rings. The second kappa shape index (κ2) is 5.10. The first-order valence-corrected chi connectivity index (χ1v) is 7.04. The van der Waals surface area contributed by atoms with Crippen LogP contribution < -0.4 is 5.32 Å². The maximum atomic E-state index is 13.1. The molecule has 6 heteroatoms. The average Bonchev–Trinajstić information content (AvgIpc) is 2.23. The number of hydrogen-bond donors (Lipinski definition) is 1. The van der Waals surface area contributed by atoms with Crippen molar-refractivity contribution >= 4 is 9.84 Å². The fourth-order valence-corrected chi connectivity index (χ4v) is 2.41. The summed E-state index contributed by atoms with van der Waals surface area (Å²) in [4.78, 5) is 0. The first-order valence-electron chi connectivity index (χ1n) is 5.08. The first kappa shape index (κ1) is 14.1. The fraction of sp³-hybridized carbons (Fsp3) is 0.455. The van der Waals surface area contributed by atoms with Crippen LogP contribution in [0, 0.1) is 11.6 Å². The van der Waals surface area contributed by atoms with Crippen LogP contribution in [0.25, 0.3) is 0 Å². The summed E-state index contributed by atoms with van der Waals surface area (Å²) in [6.45, 7) is 1.53. The Morgan fingerprint density at radius 3 is 2.24 bits per heavy atom. The van der Waals surface area contributed by atoms with Crippen molar-refractivity contribution in [1.29, 1.82) is 0 Å². The molecule has 0 fully saturated rings. The van der Waals surface area contributed by atoms with Crippen molar-refractivity contribution in [3.05, 3.63) is 35.4 Å². The summed E-state index contributed by atoms with van der Waals surface area (Å²) in [5, 5.41) is 2.08. The molecule has 0 saturated carbocycles. The normalized spacial score (nSPS) is 15.6. The molecule has 3 nitrogen and oxygen atoms in total. The predicted octanol–water partition coefficient (Wildman–Crippen LogP) is 1.66. The van der Waals surface area contributed by atoms with Gasteiger partial charge in [0.15, 0.2) is 21.5 Å². The Labute approximate surface area is 99.8 Å². The van der Waals surface area contributed by atoms with E-state index in [4.69, 9.17) is 0 Å². The molecule has 1 rings (SSSR count). The SMILES string of the molecule is CNC(c1ccc(F)c(F)c1)C(C)S(C)(=O)=O. The lowest BCUT2D eigenvalue weighted by molar-refractivity contribution is 0.497. The number of halogens is 2. The topological polar surface area (TPSA) is 46.2 Å². The van der Waals surface area contributed by atoms with E-state index in [0.717, 1.165) is 18.4 Å². The third-order valence-corrected chi connectivity index (χ3v) is 4.38. The maximum absolute atomic E-state index is 13.1. The highest BCUT2D eigenvalue weighted by molar-refractivity contribution is 7.91. The molecule has 0 saturated heterocycles. The van der Waals surface area contributed by atoms with Gasteiger partial charge in [-0.1, -0.05) is 6.07 Å². The van der Waals surface area contributed by atoms with Gasteiger partial charge in [0.05, 0.1) is 5.25 Å². The molecule has 1 aromatic carbocycles. The molecule has 17 heavy (non-hydrogen) atoms. The lowest BCUT2D eigenvalue weighted by Gasteiger charge is -2.22. The zero-order valence-corrected chi connectivity index (χ0v) is 10.7. The van der Waals surface area contributed by atoms with Gasteiger partial charge in [-0.15, -0.1) is 0 Å². The van der Waals surface area contributed by atoms with E-state index in [-0.39, 0.29) is 0 Å². The molecule has 1 N–H and O–H groups in total. The van der Waals surface area contributed by atoms with Gasteiger partial charge in [0, 0.05) is 12.3 Å². The van der Waals surface area contributed by atoms with Crippen LogP contribution in [-0.2, 0) is 9.84 Å². The van der Waals surface area contributed by atoms with Gasteiger partial charge in [0.25, 0.3) is 0 Å². The predicted molar refractivity (Wildman–Crippen MR) is 62.5 cm³/mol. The molecule has 2 atom stereocenters. The zero-order chi connectivity index (χ0) is 13.2. The van der Waals surface area contributed by atoms with Crippen molar-refractivity contribution in [1.82, 2.24) is 5.32 Å². The molecule has 0 radical (unpaired) electrons. The van der Waals surface area contributed by atoms with Crippen LogP contribution in [-0.4, -0.2) is 27.0 Å². The number of rotatable bonds is 4. The van der Waals surface area contributed by atoms with Crippen LogP contribution in [0.15, 0.2) is 18.2 Å². The third-order valence-electron chi connectivity index (χ3n) is 2.76. The lowest BCUT2D eigenvalue weighted by Crippen LogP contribution is -2.33. The van der Waals surface area contributed by atoms with Crippen molar-refractivity contribution in [2.75, 3.05) is 13.3 Å². The summed E-state index contributed by atoms with van der Waals surface area (Å²) < 4.78 is 48.8. The molecule has 0 heterocycles. The van der Waals surface area contributed by atoms with Gasteiger partial charge in [0.2, 0.25) is 0 Å². The van der Waals surface area contributed by atoms with E-state index in [1.807, 2.05) is 0 Å². The second-order valence-corrected chi connectivity index (χ2v) is 6.38. The Morgan fingerprint density at radius 1 is 1.24 bits per heavy atom. The average molecular weight is 263 g/mol. The highest BCUT2D eigenvalue weighted by Crippen LogP contribution is 2.22. The molecule has 0 aromatic heterocycles. The molecule has 0 aliphatic carbocycles. The van der Waals surface area contributed by atoms with Crippen LogP contribution >= 0.6 is 0 Å². The minimum Gasteiger partial charge on any atom is -0.312 e. The lowest BCUT2D eigenvalue weighted by atomic mass is 10.0. The number of nitrogens with one attached hydrogen (secondary N) is 1. The van der Waals surface area contributed by atoms with Crippen molar-refractivity contribution in [3.8, 4) is 0 Å². The van der Waals surface area contributed by atoms with E-state index < -0.39 is 32.8 Å². The van der Waals surface area contributed by atoms with Crippen LogP contribution in [0.2, 0.25) is 0 Å².